The molecule has 0 saturated carbocycles. The van der Waals surface area contributed by atoms with Crippen molar-refractivity contribution in [2.45, 2.75) is 6.92 Å². The zero-order valence-electron chi connectivity index (χ0n) is 11.4. The van der Waals surface area contributed by atoms with Crippen LogP contribution in [0.1, 0.15) is 4.88 Å². The topological polar surface area (TPSA) is 36.4 Å². The Morgan fingerprint density at radius 1 is 1.33 bits per heavy atom. The van der Waals surface area contributed by atoms with Crippen LogP contribution >= 0.6 is 18.5 Å². The van der Waals surface area contributed by atoms with E-state index in [1.165, 1.54) is 4.88 Å². The molecule has 6 heteroatoms. The molecule has 0 unspecified atom stereocenters. The fraction of sp³-hybridized carbons (Fsp3) is 0.750. The van der Waals surface area contributed by atoms with Crippen LogP contribution in [0.15, 0.2) is 6.20 Å². The first-order valence-electron chi connectivity index (χ1n) is 6.38. The second-order valence-electron chi connectivity index (χ2n) is 5.38. The summed E-state index contributed by atoms with van der Waals surface area (Å²) in [6.07, 6.45) is 2.78. The van der Waals surface area contributed by atoms with Crippen molar-refractivity contribution in [2.24, 2.45) is 0 Å². The summed E-state index contributed by atoms with van der Waals surface area (Å²) >= 11 is 1.76. The van der Waals surface area contributed by atoms with Crippen molar-refractivity contribution in [3.8, 4) is 0 Å². The zero-order chi connectivity index (χ0) is 13.2. The molecule has 0 radical (unpaired) electrons. The Labute approximate surface area is 113 Å². The van der Waals surface area contributed by atoms with E-state index in [1.807, 2.05) is 19.5 Å². The average Bonchev–Trinajstić information content (AvgIpc) is 2.73. The number of hydrogen-bond donors (Lipinski definition) is 0. The summed E-state index contributed by atoms with van der Waals surface area (Å²) in [5.74, 6) is 0. The van der Waals surface area contributed by atoms with E-state index in [-0.39, 0.29) is 0 Å². The fourth-order valence-corrected chi connectivity index (χ4v) is 3.61. The van der Waals surface area contributed by atoms with Gasteiger partial charge >= 0.3 is 0 Å². The first kappa shape index (κ1) is 14.0. The molecule has 0 aromatic carbocycles. The third-order valence-electron chi connectivity index (χ3n) is 3.21. The van der Waals surface area contributed by atoms with E-state index in [0.29, 0.717) is 0 Å². The summed E-state index contributed by atoms with van der Waals surface area (Å²) in [7, 11) is -1.87. The van der Waals surface area contributed by atoms with Gasteiger partial charge in [-0.1, -0.05) is 0 Å². The van der Waals surface area contributed by atoms with Crippen molar-refractivity contribution < 1.29 is 4.57 Å². The Kier molecular flexibility index (Phi) is 4.46. The largest absolute Gasteiger partial charge is 0.346 e. The van der Waals surface area contributed by atoms with Crippen molar-refractivity contribution in [1.82, 2.24) is 9.88 Å². The number of rotatable bonds is 4. The first-order chi connectivity index (χ1) is 8.44. The van der Waals surface area contributed by atoms with E-state index in [2.05, 4.69) is 21.7 Å². The van der Waals surface area contributed by atoms with Gasteiger partial charge in [0.15, 0.2) is 5.13 Å². The second-order valence-corrected chi connectivity index (χ2v) is 10.2. The molecular formula is C12H22N3OPS. The van der Waals surface area contributed by atoms with E-state index in [1.54, 1.807) is 11.3 Å². The minimum absolute atomic E-state index is 0.837. The van der Waals surface area contributed by atoms with Gasteiger partial charge in [-0.15, -0.1) is 11.3 Å². The SMILES string of the molecule is Cc1cnc(N2CCN(CCP(C)(C)=O)CC2)s1. The lowest BCUT2D eigenvalue weighted by Crippen LogP contribution is -2.47. The monoisotopic (exact) mass is 287 g/mol. The number of anilines is 1. The molecule has 1 fully saturated rings. The van der Waals surface area contributed by atoms with Gasteiger partial charge in [-0.25, -0.2) is 4.98 Å². The molecule has 2 heterocycles. The van der Waals surface area contributed by atoms with E-state index >= 15 is 0 Å². The molecule has 1 aliphatic heterocycles. The molecular weight excluding hydrogens is 265 g/mol. The van der Waals surface area contributed by atoms with Gasteiger partial charge in [0.05, 0.1) is 7.14 Å². The van der Waals surface area contributed by atoms with Gasteiger partial charge < -0.3 is 9.46 Å². The summed E-state index contributed by atoms with van der Waals surface area (Å²) in [5.41, 5.74) is 0. The molecule has 0 atom stereocenters. The van der Waals surface area contributed by atoms with Gasteiger partial charge in [0.1, 0.15) is 0 Å². The predicted octanol–water partition coefficient (Wildman–Crippen LogP) is 2.20. The Bertz CT molecular complexity index is 434. The molecule has 0 aliphatic carbocycles. The number of aryl methyl sites for hydroxylation is 1. The maximum Gasteiger partial charge on any atom is 0.185 e. The van der Waals surface area contributed by atoms with Gasteiger partial charge in [-0.05, 0) is 20.3 Å². The van der Waals surface area contributed by atoms with E-state index in [0.717, 1.165) is 44.0 Å². The summed E-state index contributed by atoms with van der Waals surface area (Å²) in [6, 6.07) is 0. The van der Waals surface area contributed by atoms with Crippen molar-refractivity contribution >= 4 is 23.6 Å². The first-order valence-corrected chi connectivity index (χ1v) is 9.98. The van der Waals surface area contributed by atoms with Crippen LogP contribution in [0, 0.1) is 6.92 Å². The molecule has 1 aromatic rings. The smallest absolute Gasteiger partial charge is 0.185 e. The summed E-state index contributed by atoms with van der Waals surface area (Å²) in [4.78, 5) is 10.5. The lowest BCUT2D eigenvalue weighted by molar-refractivity contribution is 0.272. The highest BCUT2D eigenvalue weighted by Gasteiger charge is 2.20. The summed E-state index contributed by atoms with van der Waals surface area (Å²) < 4.78 is 11.7. The highest BCUT2D eigenvalue weighted by atomic mass is 32.1. The van der Waals surface area contributed by atoms with Crippen LogP contribution < -0.4 is 4.90 Å². The van der Waals surface area contributed by atoms with Crippen LogP contribution in [-0.2, 0) is 4.57 Å². The van der Waals surface area contributed by atoms with Crippen molar-refractivity contribution in [1.29, 1.82) is 0 Å². The second kappa shape index (κ2) is 5.72. The molecule has 0 N–H and O–H groups in total. The standard InChI is InChI=1S/C12H22N3OPS/c1-11-10-13-12(18-11)15-6-4-14(5-7-15)8-9-17(2,3)16/h10H,4-9H2,1-3H3. The molecule has 1 aliphatic rings. The van der Waals surface area contributed by atoms with Gasteiger partial charge in [0.2, 0.25) is 0 Å². The van der Waals surface area contributed by atoms with Crippen LogP contribution in [-0.4, -0.2) is 62.1 Å². The number of nitrogens with zero attached hydrogens (tertiary/aromatic N) is 3. The quantitative estimate of drug-likeness (QED) is 0.796. The van der Waals surface area contributed by atoms with Crippen LogP contribution in [0.25, 0.3) is 0 Å². The maximum absolute atomic E-state index is 11.7. The minimum Gasteiger partial charge on any atom is -0.346 e. The molecule has 4 nitrogen and oxygen atoms in total. The van der Waals surface area contributed by atoms with Gasteiger partial charge in [0, 0.05) is 50.0 Å². The number of piperazine rings is 1. The highest BCUT2D eigenvalue weighted by molar-refractivity contribution is 7.62. The Hall–Kier alpha value is -0.380. The molecule has 2 rings (SSSR count). The Morgan fingerprint density at radius 2 is 2.00 bits per heavy atom. The summed E-state index contributed by atoms with van der Waals surface area (Å²) in [5, 5.41) is 1.14. The van der Waals surface area contributed by atoms with Gasteiger partial charge in [-0.2, -0.15) is 0 Å². The molecule has 102 valence electrons. The number of aromatic nitrogens is 1. The molecule has 0 bridgehead atoms. The minimum atomic E-state index is -1.87. The molecule has 18 heavy (non-hydrogen) atoms. The fourth-order valence-electron chi connectivity index (χ4n) is 2.03. The van der Waals surface area contributed by atoms with Crippen LogP contribution in [0.4, 0.5) is 5.13 Å². The average molecular weight is 287 g/mol. The third kappa shape index (κ3) is 4.08. The van der Waals surface area contributed by atoms with Gasteiger partial charge in [-0.3, -0.25) is 4.90 Å². The number of thiazole rings is 1. The van der Waals surface area contributed by atoms with Crippen molar-refractivity contribution in [3.63, 3.8) is 0 Å². The molecule has 0 amide bonds. The van der Waals surface area contributed by atoms with Crippen LogP contribution in [0.2, 0.25) is 0 Å². The lowest BCUT2D eigenvalue weighted by Gasteiger charge is -2.34. The van der Waals surface area contributed by atoms with E-state index < -0.39 is 7.14 Å². The number of hydrogen-bond acceptors (Lipinski definition) is 5. The highest BCUT2D eigenvalue weighted by Crippen LogP contribution is 2.35. The summed E-state index contributed by atoms with van der Waals surface area (Å²) in [6.45, 7) is 11.0. The Morgan fingerprint density at radius 3 is 2.50 bits per heavy atom. The zero-order valence-corrected chi connectivity index (χ0v) is 13.1. The normalized spacial score (nSPS) is 18.3. The lowest BCUT2D eigenvalue weighted by atomic mass is 10.3. The van der Waals surface area contributed by atoms with Crippen molar-refractivity contribution in [2.75, 3.05) is 57.1 Å². The van der Waals surface area contributed by atoms with E-state index in [9.17, 15) is 4.57 Å². The molecule has 1 aromatic heterocycles. The van der Waals surface area contributed by atoms with Crippen molar-refractivity contribution in [3.05, 3.63) is 11.1 Å². The third-order valence-corrected chi connectivity index (χ3v) is 5.46. The van der Waals surface area contributed by atoms with Gasteiger partial charge in [0.25, 0.3) is 0 Å². The molecule has 0 spiro atoms. The Balaban J connectivity index is 1.79. The van der Waals surface area contributed by atoms with Crippen LogP contribution in [0.3, 0.4) is 0 Å². The van der Waals surface area contributed by atoms with Crippen LogP contribution in [0.5, 0.6) is 0 Å². The predicted molar refractivity (Wildman–Crippen MR) is 79.8 cm³/mol. The molecule has 1 saturated heterocycles. The maximum atomic E-state index is 11.7. The van der Waals surface area contributed by atoms with E-state index in [4.69, 9.17) is 0 Å².